The maximum atomic E-state index is 5.66. The van der Waals surface area contributed by atoms with Crippen LogP contribution in [0.2, 0.25) is 0 Å². The molecule has 0 aromatic heterocycles. The molecule has 18 heavy (non-hydrogen) atoms. The first kappa shape index (κ1) is 15.9. The van der Waals surface area contributed by atoms with Crippen molar-refractivity contribution in [2.75, 3.05) is 26.3 Å². The highest BCUT2D eigenvalue weighted by Gasteiger charge is 2.27. The van der Waals surface area contributed by atoms with Crippen LogP contribution in [0.3, 0.4) is 0 Å². The summed E-state index contributed by atoms with van der Waals surface area (Å²) in [6, 6.07) is 1.81. The summed E-state index contributed by atoms with van der Waals surface area (Å²) >= 11 is 0. The number of likely N-dealkylation sites (tertiary alicyclic amines) is 1. The summed E-state index contributed by atoms with van der Waals surface area (Å²) in [5.41, 5.74) is 0. The summed E-state index contributed by atoms with van der Waals surface area (Å²) < 4.78 is 5.66. The zero-order chi connectivity index (χ0) is 13.5. The minimum Gasteiger partial charge on any atom is -0.380 e. The van der Waals surface area contributed by atoms with Crippen molar-refractivity contribution in [2.24, 2.45) is 5.92 Å². The minimum atomic E-state index is 0.571. The summed E-state index contributed by atoms with van der Waals surface area (Å²) in [7, 11) is 0. The Kier molecular flexibility index (Phi) is 7.20. The van der Waals surface area contributed by atoms with E-state index in [0.29, 0.717) is 24.0 Å². The molecule has 3 heteroatoms. The van der Waals surface area contributed by atoms with E-state index in [1.807, 2.05) is 0 Å². The molecule has 0 saturated carbocycles. The molecule has 1 N–H and O–H groups in total. The van der Waals surface area contributed by atoms with Gasteiger partial charge in [-0.1, -0.05) is 27.7 Å². The molecule has 0 bridgehead atoms. The average Bonchev–Trinajstić information content (AvgIpc) is 2.28. The Morgan fingerprint density at radius 2 is 2.00 bits per heavy atom. The van der Waals surface area contributed by atoms with Gasteiger partial charge in [-0.05, 0) is 32.2 Å². The van der Waals surface area contributed by atoms with E-state index in [0.717, 1.165) is 13.2 Å². The quantitative estimate of drug-likeness (QED) is 0.757. The van der Waals surface area contributed by atoms with Crippen molar-refractivity contribution < 1.29 is 4.74 Å². The lowest BCUT2D eigenvalue weighted by Crippen LogP contribution is -2.53. The Morgan fingerprint density at radius 1 is 1.28 bits per heavy atom. The van der Waals surface area contributed by atoms with Crippen molar-refractivity contribution in [3.05, 3.63) is 0 Å². The lowest BCUT2D eigenvalue weighted by molar-refractivity contribution is 0.0269. The number of ether oxygens (including phenoxy) is 1. The fourth-order valence-corrected chi connectivity index (χ4v) is 2.87. The molecule has 0 amide bonds. The van der Waals surface area contributed by atoms with Crippen molar-refractivity contribution in [3.8, 4) is 0 Å². The number of rotatable bonds is 7. The van der Waals surface area contributed by atoms with Gasteiger partial charge in [-0.3, -0.25) is 4.90 Å². The molecule has 2 atom stereocenters. The largest absolute Gasteiger partial charge is 0.380 e. The predicted octanol–water partition coefficient (Wildman–Crippen LogP) is 2.51. The molecule has 0 aromatic carbocycles. The van der Waals surface area contributed by atoms with Crippen LogP contribution >= 0.6 is 0 Å². The minimum absolute atomic E-state index is 0.571. The van der Waals surface area contributed by atoms with E-state index in [1.165, 1.54) is 25.9 Å². The van der Waals surface area contributed by atoms with Crippen molar-refractivity contribution >= 4 is 0 Å². The summed E-state index contributed by atoms with van der Waals surface area (Å²) in [4.78, 5) is 2.63. The van der Waals surface area contributed by atoms with Gasteiger partial charge < -0.3 is 10.1 Å². The van der Waals surface area contributed by atoms with Crippen LogP contribution in [-0.2, 0) is 4.74 Å². The van der Waals surface area contributed by atoms with Gasteiger partial charge in [-0.25, -0.2) is 0 Å². The normalized spacial score (nSPS) is 23.8. The molecule has 0 spiro atoms. The van der Waals surface area contributed by atoms with E-state index >= 15 is 0 Å². The molecule has 1 heterocycles. The third kappa shape index (κ3) is 5.25. The number of piperidine rings is 1. The van der Waals surface area contributed by atoms with Gasteiger partial charge in [0.1, 0.15) is 0 Å². The van der Waals surface area contributed by atoms with Crippen molar-refractivity contribution in [1.82, 2.24) is 10.2 Å². The molecular formula is C15H32N2O. The highest BCUT2D eigenvalue weighted by molar-refractivity contribution is 4.84. The molecule has 1 rings (SSSR count). The third-order valence-electron chi connectivity index (χ3n) is 3.75. The first-order chi connectivity index (χ1) is 8.54. The first-order valence-electron chi connectivity index (χ1n) is 7.62. The van der Waals surface area contributed by atoms with Crippen LogP contribution in [0.5, 0.6) is 0 Å². The molecule has 108 valence electrons. The van der Waals surface area contributed by atoms with Crippen LogP contribution in [-0.4, -0.2) is 49.3 Å². The van der Waals surface area contributed by atoms with E-state index in [2.05, 4.69) is 44.8 Å². The Labute approximate surface area is 113 Å². The molecule has 1 saturated heterocycles. The van der Waals surface area contributed by atoms with E-state index in [-0.39, 0.29) is 0 Å². The van der Waals surface area contributed by atoms with Crippen LogP contribution in [0.4, 0.5) is 0 Å². The van der Waals surface area contributed by atoms with E-state index in [1.54, 1.807) is 0 Å². The summed E-state index contributed by atoms with van der Waals surface area (Å²) in [5.74, 6) is 0.661. The number of hydrogen-bond donors (Lipinski definition) is 1. The molecule has 3 nitrogen and oxygen atoms in total. The van der Waals surface area contributed by atoms with Gasteiger partial charge in [0, 0.05) is 31.3 Å². The van der Waals surface area contributed by atoms with Gasteiger partial charge in [0.15, 0.2) is 0 Å². The molecule has 0 radical (unpaired) electrons. The predicted molar refractivity (Wildman–Crippen MR) is 78.0 cm³/mol. The van der Waals surface area contributed by atoms with Gasteiger partial charge in [-0.15, -0.1) is 0 Å². The first-order valence-corrected chi connectivity index (χ1v) is 7.62. The molecular weight excluding hydrogens is 224 g/mol. The van der Waals surface area contributed by atoms with Gasteiger partial charge in [0.2, 0.25) is 0 Å². The third-order valence-corrected chi connectivity index (χ3v) is 3.75. The fraction of sp³-hybridized carbons (Fsp3) is 1.00. The lowest BCUT2D eigenvalue weighted by atomic mass is 9.97. The van der Waals surface area contributed by atoms with E-state index in [4.69, 9.17) is 4.74 Å². The van der Waals surface area contributed by atoms with Crippen molar-refractivity contribution in [3.63, 3.8) is 0 Å². The topological polar surface area (TPSA) is 24.5 Å². The molecule has 2 unspecified atom stereocenters. The standard InChI is InChI=1S/C15H32N2O/c1-6-18-11-15(12(2)3)17-9-7-8-14(10-17)16-13(4)5/h12-16H,6-11H2,1-5H3. The van der Waals surface area contributed by atoms with E-state index < -0.39 is 0 Å². The Bertz CT molecular complexity index is 219. The second kappa shape index (κ2) is 8.13. The van der Waals surface area contributed by atoms with Crippen molar-refractivity contribution in [1.29, 1.82) is 0 Å². The lowest BCUT2D eigenvalue weighted by Gasteiger charge is -2.40. The maximum Gasteiger partial charge on any atom is 0.0624 e. The van der Waals surface area contributed by atoms with Crippen LogP contribution in [0.1, 0.15) is 47.5 Å². The second-order valence-electron chi connectivity index (χ2n) is 6.13. The van der Waals surface area contributed by atoms with Gasteiger partial charge in [-0.2, -0.15) is 0 Å². The van der Waals surface area contributed by atoms with Crippen LogP contribution in [0, 0.1) is 5.92 Å². The van der Waals surface area contributed by atoms with Gasteiger partial charge >= 0.3 is 0 Å². The number of nitrogens with one attached hydrogen (secondary N) is 1. The number of nitrogens with zero attached hydrogens (tertiary/aromatic N) is 1. The van der Waals surface area contributed by atoms with Gasteiger partial charge in [0.25, 0.3) is 0 Å². The zero-order valence-corrected chi connectivity index (χ0v) is 12.9. The second-order valence-corrected chi connectivity index (χ2v) is 6.13. The van der Waals surface area contributed by atoms with Crippen molar-refractivity contribution in [2.45, 2.75) is 65.6 Å². The monoisotopic (exact) mass is 256 g/mol. The van der Waals surface area contributed by atoms with Crippen LogP contribution < -0.4 is 5.32 Å². The fourth-order valence-electron chi connectivity index (χ4n) is 2.87. The smallest absolute Gasteiger partial charge is 0.0624 e. The summed E-state index contributed by atoms with van der Waals surface area (Å²) in [5, 5.41) is 3.68. The summed E-state index contributed by atoms with van der Waals surface area (Å²) in [6.45, 7) is 15.3. The SMILES string of the molecule is CCOCC(C(C)C)N1CCCC(NC(C)C)C1. The molecule has 1 aliphatic rings. The van der Waals surface area contributed by atoms with Gasteiger partial charge in [0.05, 0.1) is 6.61 Å². The molecule has 0 aliphatic carbocycles. The average molecular weight is 256 g/mol. The molecule has 1 fully saturated rings. The number of hydrogen-bond acceptors (Lipinski definition) is 3. The van der Waals surface area contributed by atoms with Crippen LogP contribution in [0.25, 0.3) is 0 Å². The summed E-state index contributed by atoms with van der Waals surface area (Å²) in [6.07, 6.45) is 2.62. The molecule has 0 aromatic rings. The highest BCUT2D eigenvalue weighted by atomic mass is 16.5. The Hall–Kier alpha value is -0.120. The Balaban J connectivity index is 2.50. The van der Waals surface area contributed by atoms with Crippen LogP contribution in [0.15, 0.2) is 0 Å². The highest BCUT2D eigenvalue weighted by Crippen LogP contribution is 2.18. The molecule has 1 aliphatic heterocycles. The Morgan fingerprint density at radius 3 is 2.56 bits per heavy atom. The zero-order valence-electron chi connectivity index (χ0n) is 12.9. The maximum absolute atomic E-state index is 5.66. The van der Waals surface area contributed by atoms with E-state index in [9.17, 15) is 0 Å².